The van der Waals surface area contributed by atoms with Gasteiger partial charge in [0, 0.05) is 30.8 Å². The van der Waals surface area contributed by atoms with Crippen molar-refractivity contribution < 1.29 is 48.7 Å². The van der Waals surface area contributed by atoms with Gasteiger partial charge in [0.1, 0.15) is 37.1 Å². The van der Waals surface area contributed by atoms with Crippen LogP contribution in [-0.2, 0) is 33.4 Å². The number of unbranched alkanes of at least 4 members (excludes halogenated alkanes) is 42. The molecule has 2 rings (SSSR count). The maximum absolute atomic E-state index is 14.0. The fourth-order valence-electron chi connectivity index (χ4n) is 11.1. The van der Waals surface area contributed by atoms with Crippen LogP contribution in [0.15, 0.2) is 6.20 Å². The number of ether oxygens (including phenoxy) is 3. The molecule has 1 unspecified atom stereocenters. The lowest BCUT2D eigenvalue weighted by atomic mass is 10.0. The van der Waals surface area contributed by atoms with E-state index in [0.717, 1.165) is 68.9 Å². The van der Waals surface area contributed by atoms with E-state index in [-0.39, 0.29) is 54.6 Å². The molecule has 1 aromatic heterocycles. The van der Waals surface area contributed by atoms with Crippen molar-refractivity contribution in [1.82, 2.24) is 20.3 Å². The van der Waals surface area contributed by atoms with Crippen molar-refractivity contribution in [2.75, 3.05) is 30.0 Å². The van der Waals surface area contributed by atoms with Crippen molar-refractivity contribution in [3.63, 3.8) is 0 Å². The van der Waals surface area contributed by atoms with Crippen LogP contribution in [0.1, 0.15) is 335 Å². The van der Waals surface area contributed by atoms with Crippen LogP contribution < -0.4 is 10.6 Å². The molecule has 1 aliphatic heterocycles. The Morgan fingerprint density at radius 1 is 0.530 bits per heavy atom. The number of aliphatic hydroxyl groups excluding tert-OH is 3. The lowest BCUT2D eigenvalue weighted by Crippen LogP contribution is -2.45. The molecule has 0 saturated carbocycles. The minimum Gasteiger partial charge on any atom is -0.462 e. The number of amides is 2. The smallest absolute Gasteiger partial charge is 0.306 e. The number of rotatable bonds is 60. The third-order valence-electron chi connectivity index (χ3n) is 16.5. The quantitative estimate of drug-likeness (QED) is 0.0304. The molecule has 0 radical (unpaired) electrons. The molecular formula is C67H125N5O10S. The minimum atomic E-state index is -1.39. The first kappa shape index (κ1) is 76.3. The van der Waals surface area contributed by atoms with Crippen LogP contribution in [-0.4, -0.2) is 109 Å². The van der Waals surface area contributed by atoms with Gasteiger partial charge >= 0.3 is 11.9 Å². The molecule has 2 heterocycles. The lowest BCUT2D eigenvalue weighted by Gasteiger charge is -2.21. The first-order valence-electron chi connectivity index (χ1n) is 34.7. The fraction of sp³-hybridized carbons (Fsp3) is 0.910. The molecule has 1 fully saturated rings. The standard InChI is InChI=1S/C67H125N5O10S/c1-4-7-10-13-16-19-22-25-28-31-34-37-40-43-46-49-61(74)68-58(66(79)69-60-52-72(71-70-60)67-65(78)64(77)59(53-73)82-67)56-83-55-57(81-63(76)51-48-45-42-39-36-33-30-27-24-21-18-15-12-9-6-3)54-80-62(75)50-47-44-41-38-35-32-29-26-23-20-17-14-11-8-5-2/h52,57-59,64-65,67,73,77-78H,4-51,53-56H2,1-3H3,(H,68,74)(H,69,79)/t57-,58-,59?,64-,65+,67+/m1/s1. The first-order valence-corrected chi connectivity index (χ1v) is 35.9. The summed E-state index contributed by atoms with van der Waals surface area (Å²) in [6.07, 6.45) is 51.9. The number of carbonyl (C=O) groups excluding carboxylic acids is 4. The van der Waals surface area contributed by atoms with Crippen LogP contribution in [0.25, 0.3) is 0 Å². The normalized spacial score (nSPS) is 16.7. The maximum atomic E-state index is 14.0. The van der Waals surface area contributed by atoms with Crippen LogP contribution in [0.4, 0.5) is 5.82 Å². The number of anilines is 1. The molecular weight excluding hydrogens is 1070 g/mol. The summed E-state index contributed by atoms with van der Waals surface area (Å²) >= 11 is 1.32. The molecule has 6 atom stereocenters. The third kappa shape index (κ3) is 41.9. The molecule has 5 N–H and O–H groups in total. The molecule has 1 aromatic rings. The molecule has 1 saturated heterocycles. The highest BCUT2D eigenvalue weighted by Crippen LogP contribution is 2.29. The van der Waals surface area contributed by atoms with E-state index in [0.29, 0.717) is 12.8 Å². The highest BCUT2D eigenvalue weighted by atomic mass is 32.2. The van der Waals surface area contributed by atoms with E-state index in [1.54, 1.807) is 0 Å². The van der Waals surface area contributed by atoms with Crippen LogP contribution in [0.5, 0.6) is 0 Å². The van der Waals surface area contributed by atoms with Crippen LogP contribution in [0, 0.1) is 0 Å². The predicted molar refractivity (Wildman–Crippen MR) is 340 cm³/mol. The molecule has 0 spiro atoms. The van der Waals surface area contributed by atoms with Gasteiger partial charge in [0.25, 0.3) is 0 Å². The summed E-state index contributed by atoms with van der Waals surface area (Å²) in [6.45, 7) is 6.18. The Morgan fingerprint density at radius 3 is 1.29 bits per heavy atom. The first-order chi connectivity index (χ1) is 40.6. The number of thioether (sulfide) groups is 1. The summed E-state index contributed by atoms with van der Waals surface area (Å²) in [5.74, 6) is -1.07. The van der Waals surface area contributed by atoms with Crippen LogP contribution in [0.3, 0.4) is 0 Å². The van der Waals surface area contributed by atoms with Crippen LogP contribution >= 0.6 is 11.8 Å². The van der Waals surface area contributed by atoms with Crippen molar-refractivity contribution in [1.29, 1.82) is 0 Å². The topological polar surface area (TPSA) is 211 Å². The zero-order valence-corrected chi connectivity index (χ0v) is 54.1. The average molecular weight is 1190 g/mol. The molecule has 83 heavy (non-hydrogen) atoms. The molecule has 0 aromatic carbocycles. The summed E-state index contributed by atoms with van der Waals surface area (Å²) in [4.78, 5) is 53.7. The summed E-state index contributed by atoms with van der Waals surface area (Å²) < 4.78 is 18.5. The SMILES string of the molecule is CCCCCCCCCCCCCCCCCC(=O)N[C@H](CSC[C@@H](COC(=O)CCCCCCCCCCCCCCCCC)OC(=O)CCCCCCCCCCCCCCCCC)C(=O)Nc1cn([C@H]2OC(CO)[C@@H](O)[C@@H]2O)nn1. The summed E-state index contributed by atoms with van der Waals surface area (Å²) in [7, 11) is 0. The largest absolute Gasteiger partial charge is 0.462 e. The molecule has 484 valence electrons. The Balaban J connectivity index is 1.94. The lowest BCUT2D eigenvalue weighted by molar-refractivity contribution is -0.157. The van der Waals surface area contributed by atoms with E-state index in [1.807, 2.05) is 0 Å². The zero-order chi connectivity index (χ0) is 60.1. The Kier molecular flexibility index (Phi) is 50.2. The third-order valence-corrected chi connectivity index (χ3v) is 17.7. The van der Waals surface area contributed by atoms with E-state index in [1.165, 1.54) is 236 Å². The Hall–Kier alpha value is -2.79. The number of aliphatic hydroxyl groups is 3. The maximum Gasteiger partial charge on any atom is 0.306 e. The highest BCUT2D eigenvalue weighted by molar-refractivity contribution is 7.99. The number of hydrogen-bond donors (Lipinski definition) is 5. The summed E-state index contributed by atoms with van der Waals surface area (Å²) in [5, 5.41) is 44.1. The van der Waals surface area contributed by atoms with Gasteiger partial charge in [0.15, 0.2) is 12.0 Å². The van der Waals surface area contributed by atoms with Gasteiger partial charge in [-0.25, -0.2) is 4.68 Å². The van der Waals surface area contributed by atoms with E-state index < -0.39 is 49.2 Å². The number of nitrogens with one attached hydrogen (secondary N) is 2. The van der Waals surface area contributed by atoms with Crippen molar-refractivity contribution in [3.05, 3.63) is 6.20 Å². The Bertz CT molecular complexity index is 1690. The minimum absolute atomic E-state index is 0.0333. The summed E-state index contributed by atoms with van der Waals surface area (Å²) in [5.41, 5.74) is 0. The highest BCUT2D eigenvalue weighted by Gasteiger charge is 2.44. The molecule has 1 aliphatic rings. The predicted octanol–water partition coefficient (Wildman–Crippen LogP) is 16.3. The van der Waals surface area contributed by atoms with Gasteiger partial charge in [0.2, 0.25) is 11.8 Å². The number of aromatic nitrogens is 3. The zero-order valence-electron chi connectivity index (χ0n) is 53.3. The van der Waals surface area contributed by atoms with Crippen molar-refractivity contribution >= 4 is 41.3 Å². The van der Waals surface area contributed by atoms with E-state index in [2.05, 4.69) is 41.7 Å². The van der Waals surface area contributed by atoms with Crippen LogP contribution in [0.2, 0.25) is 0 Å². The van der Waals surface area contributed by atoms with Gasteiger partial charge in [0.05, 0.1) is 12.8 Å². The van der Waals surface area contributed by atoms with Gasteiger partial charge in [-0.2, -0.15) is 11.8 Å². The molecule has 2 amide bonds. The Labute approximate surface area is 510 Å². The second kappa shape index (κ2) is 54.6. The van der Waals surface area contributed by atoms with Gasteiger partial charge in [-0.3, -0.25) is 19.2 Å². The number of carbonyl (C=O) groups is 4. The second-order valence-corrected chi connectivity index (χ2v) is 25.4. The van der Waals surface area contributed by atoms with Crippen molar-refractivity contribution in [2.24, 2.45) is 0 Å². The molecule has 0 bridgehead atoms. The van der Waals surface area contributed by atoms with E-state index in [9.17, 15) is 34.5 Å². The van der Waals surface area contributed by atoms with Gasteiger partial charge in [-0.1, -0.05) is 296 Å². The summed E-state index contributed by atoms with van der Waals surface area (Å²) in [6, 6.07) is -1.01. The van der Waals surface area contributed by atoms with Crippen molar-refractivity contribution in [3.8, 4) is 0 Å². The van der Waals surface area contributed by atoms with Crippen molar-refractivity contribution in [2.45, 2.75) is 366 Å². The monoisotopic (exact) mass is 1190 g/mol. The molecule has 0 aliphatic carbocycles. The van der Waals surface area contributed by atoms with Gasteiger partial charge in [-0.15, -0.1) is 5.10 Å². The Morgan fingerprint density at radius 2 is 0.904 bits per heavy atom. The van der Waals surface area contributed by atoms with Gasteiger partial charge < -0.3 is 40.2 Å². The molecule has 15 nitrogen and oxygen atoms in total. The molecule has 16 heteroatoms. The van der Waals surface area contributed by atoms with Gasteiger partial charge in [-0.05, 0) is 19.3 Å². The van der Waals surface area contributed by atoms with E-state index >= 15 is 0 Å². The van der Waals surface area contributed by atoms with E-state index in [4.69, 9.17) is 14.2 Å². The number of hydrogen-bond acceptors (Lipinski definition) is 13. The number of esters is 2. The average Bonchev–Trinajstić information content (AvgIpc) is 4.19. The number of nitrogens with zero attached hydrogens (tertiary/aromatic N) is 3. The second-order valence-electron chi connectivity index (χ2n) is 24.4. The fourth-order valence-corrected chi connectivity index (χ4v) is 12.1.